The van der Waals surface area contributed by atoms with Crippen LogP contribution in [-0.4, -0.2) is 17.6 Å². The number of ether oxygens (including phenoxy) is 1. The van der Waals surface area contributed by atoms with E-state index in [0.29, 0.717) is 0 Å². The van der Waals surface area contributed by atoms with E-state index in [1.54, 1.807) is 6.92 Å². The summed E-state index contributed by atoms with van der Waals surface area (Å²) in [4.78, 5) is 14.4. The largest absolute Gasteiger partial charge is 0.461 e. The van der Waals surface area contributed by atoms with Gasteiger partial charge in [-0.1, -0.05) is 0 Å². The van der Waals surface area contributed by atoms with Crippen molar-refractivity contribution in [1.29, 1.82) is 0 Å². The smallest absolute Gasteiger partial charge is 0.367 e. The maximum absolute atomic E-state index is 13.0. The summed E-state index contributed by atoms with van der Waals surface area (Å²) >= 11 is 0. The first kappa shape index (κ1) is 11.3. The number of hydrogen-bond donors (Lipinski definition) is 0. The quantitative estimate of drug-likeness (QED) is 0.570. The maximum atomic E-state index is 13.0. The lowest BCUT2D eigenvalue weighted by Gasteiger charge is -1.98. The Labute approximate surface area is 85.4 Å². The fourth-order valence-electron chi connectivity index (χ4n) is 0.861. The van der Waals surface area contributed by atoms with Gasteiger partial charge in [0.1, 0.15) is 5.82 Å². The lowest BCUT2D eigenvalue weighted by Crippen LogP contribution is -2.04. The van der Waals surface area contributed by atoms with E-state index < -0.39 is 17.6 Å². The molecule has 1 aromatic rings. The normalized spacial score (nSPS) is 11.3. The van der Waals surface area contributed by atoms with Crippen LogP contribution in [0.5, 0.6) is 0 Å². The molecule has 15 heavy (non-hydrogen) atoms. The van der Waals surface area contributed by atoms with E-state index in [1.165, 1.54) is 6.07 Å². The van der Waals surface area contributed by atoms with Gasteiger partial charge in [-0.15, -0.1) is 0 Å². The Bertz CT molecular complexity index is 374. The van der Waals surface area contributed by atoms with Gasteiger partial charge in [0.2, 0.25) is 5.83 Å². The van der Waals surface area contributed by atoms with Gasteiger partial charge in [-0.25, -0.2) is 9.18 Å². The van der Waals surface area contributed by atoms with Gasteiger partial charge < -0.3 is 4.74 Å². The zero-order valence-corrected chi connectivity index (χ0v) is 8.04. The van der Waals surface area contributed by atoms with E-state index in [0.717, 1.165) is 18.3 Å². The molecule has 0 saturated heterocycles. The minimum atomic E-state index is -1.06. The van der Waals surface area contributed by atoms with E-state index in [2.05, 4.69) is 9.72 Å². The molecule has 3 nitrogen and oxygen atoms in total. The maximum Gasteiger partial charge on any atom is 0.367 e. The number of rotatable bonds is 3. The van der Waals surface area contributed by atoms with Crippen LogP contribution in [0.3, 0.4) is 0 Å². The van der Waals surface area contributed by atoms with Crippen LogP contribution in [0.4, 0.5) is 8.78 Å². The minimum absolute atomic E-state index is 0.0942. The van der Waals surface area contributed by atoms with Crippen molar-refractivity contribution in [1.82, 2.24) is 4.98 Å². The molecule has 0 aliphatic rings. The Balaban J connectivity index is 2.78. The fraction of sp³-hybridized carbons (Fsp3) is 0.200. The average Bonchev–Trinajstić information content (AvgIpc) is 2.22. The monoisotopic (exact) mass is 213 g/mol. The van der Waals surface area contributed by atoms with Crippen LogP contribution in [0.2, 0.25) is 0 Å². The zero-order chi connectivity index (χ0) is 11.3. The van der Waals surface area contributed by atoms with Gasteiger partial charge in [0, 0.05) is 6.08 Å². The molecule has 0 amide bonds. The summed E-state index contributed by atoms with van der Waals surface area (Å²) in [6.07, 6.45) is 1.82. The van der Waals surface area contributed by atoms with Gasteiger partial charge >= 0.3 is 5.97 Å². The van der Waals surface area contributed by atoms with Crippen LogP contribution < -0.4 is 0 Å². The minimum Gasteiger partial charge on any atom is -0.461 e. The number of carbonyl (C=O) groups is 1. The van der Waals surface area contributed by atoms with Crippen LogP contribution in [0.15, 0.2) is 24.2 Å². The van der Waals surface area contributed by atoms with Crippen molar-refractivity contribution in [3.05, 3.63) is 35.7 Å². The van der Waals surface area contributed by atoms with Crippen LogP contribution in [0.25, 0.3) is 6.08 Å². The van der Waals surface area contributed by atoms with E-state index >= 15 is 0 Å². The SMILES string of the molecule is CCOC(=O)/C(F)=C/c1ccc(F)cn1. The van der Waals surface area contributed by atoms with Crippen molar-refractivity contribution in [3.63, 3.8) is 0 Å². The third-order valence-corrected chi connectivity index (χ3v) is 1.50. The Morgan fingerprint density at radius 2 is 2.33 bits per heavy atom. The molecule has 0 aliphatic heterocycles. The third-order valence-electron chi connectivity index (χ3n) is 1.50. The Kier molecular flexibility index (Phi) is 3.91. The first-order chi connectivity index (χ1) is 7.13. The highest BCUT2D eigenvalue weighted by atomic mass is 19.1. The van der Waals surface area contributed by atoms with E-state index in [9.17, 15) is 13.6 Å². The molecule has 1 heterocycles. The summed E-state index contributed by atoms with van der Waals surface area (Å²) in [5.41, 5.74) is 0.155. The summed E-state index contributed by atoms with van der Waals surface area (Å²) in [6, 6.07) is 2.38. The van der Waals surface area contributed by atoms with E-state index in [4.69, 9.17) is 0 Å². The highest BCUT2D eigenvalue weighted by Gasteiger charge is 2.09. The summed E-state index contributed by atoms with van der Waals surface area (Å²) in [6.45, 7) is 1.66. The van der Waals surface area contributed by atoms with Gasteiger partial charge in [0.05, 0.1) is 18.5 Å². The molecule has 0 N–H and O–H groups in total. The molecule has 0 bridgehead atoms. The highest BCUT2D eigenvalue weighted by Crippen LogP contribution is 2.07. The highest BCUT2D eigenvalue weighted by molar-refractivity contribution is 5.90. The van der Waals surface area contributed by atoms with Crippen molar-refractivity contribution in [2.75, 3.05) is 6.61 Å². The lowest BCUT2D eigenvalue weighted by molar-refractivity contribution is -0.140. The Morgan fingerprint density at radius 1 is 1.60 bits per heavy atom. The number of hydrogen-bond acceptors (Lipinski definition) is 3. The third kappa shape index (κ3) is 3.46. The topological polar surface area (TPSA) is 39.2 Å². The summed E-state index contributed by atoms with van der Waals surface area (Å²) < 4.78 is 29.9. The van der Waals surface area contributed by atoms with Crippen molar-refractivity contribution in [2.24, 2.45) is 0 Å². The first-order valence-electron chi connectivity index (χ1n) is 4.29. The van der Waals surface area contributed by atoms with Crippen molar-refractivity contribution in [3.8, 4) is 0 Å². The Hall–Kier alpha value is -1.78. The summed E-state index contributed by atoms with van der Waals surface area (Å²) in [5.74, 6) is -2.64. The van der Waals surface area contributed by atoms with Crippen molar-refractivity contribution in [2.45, 2.75) is 6.92 Å². The van der Waals surface area contributed by atoms with Gasteiger partial charge in [0.25, 0.3) is 0 Å². The molecule has 0 spiro atoms. The Morgan fingerprint density at radius 3 is 2.87 bits per heavy atom. The standard InChI is InChI=1S/C10H9F2NO2/c1-2-15-10(14)9(12)5-8-4-3-7(11)6-13-8/h3-6H,2H2,1H3/b9-5-. The van der Waals surface area contributed by atoms with E-state index in [1.807, 2.05) is 0 Å². The molecular formula is C10H9F2NO2. The molecule has 0 unspecified atom stereocenters. The molecule has 1 rings (SSSR count). The average molecular weight is 213 g/mol. The number of carbonyl (C=O) groups excluding carboxylic acids is 1. The second-order valence-corrected chi connectivity index (χ2v) is 2.61. The van der Waals surface area contributed by atoms with Crippen molar-refractivity contribution < 1.29 is 18.3 Å². The van der Waals surface area contributed by atoms with Gasteiger partial charge in [0.15, 0.2) is 0 Å². The molecule has 0 aliphatic carbocycles. The predicted molar refractivity (Wildman–Crippen MR) is 49.9 cm³/mol. The van der Waals surface area contributed by atoms with Crippen LogP contribution in [0, 0.1) is 5.82 Å². The summed E-state index contributed by atoms with van der Waals surface area (Å²) in [5, 5.41) is 0. The molecule has 80 valence electrons. The van der Waals surface area contributed by atoms with Crippen molar-refractivity contribution >= 4 is 12.0 Å². The molecule has 0 atom stereocenters. The molecule has 0 aromatic carbocycles. The lowest BCUT2D eigenvalue weighted by atomic mass is 10.3. The van der Waals surface area contributed by atoms with Crippen LogP contribution >= 0.6 is 0 Å². The van der Waals surface area contributed by atoms with Gasteiger partial charge in [-0.2, -0.15) is 4.39 Å². The molecule has 1 aromatic heterocycles. The van der Waals surface area contributed by atoms with E-state index in [-0.39, 0.29) is 12.3 Å². The second kappa shape index (κ2) is 5.19. The molecule has 0 fully saturated rings. The molecule has 0 radical (unpaired) electrons. The number of aromatic nitrogens is 1. The number of nitrogens with zero attached hydrogens (tertiary/aromatic N) is 1. The zero-order valence-electron chi connectivity index (χ0n) is 8.04. The number of esters is 1. The summed E-state index contributed by atoms with van der Waals surface area (Å²) in [7, 11) is 0. The number of pyridine rings is 1. The predicted octanol–water partition coefficient (Wildman–Crippen LogP) is 2.09. The van der Waals surface area contributed by atoms with Crippen LogP contribution in [0.1, 0.15) is 12.6 Å². The van der Waals surface area contributed by atoms with Gasteiger partial charge in [-0.05, 0) is 19.1 Å². The number of halogens is 2. The molecular weight excluding hydrogens is 204 g/mol. The molecule has 0 saturated carbocycles. The van der Waals surface area contributed by atoms with Crippen LogP contribution in [-0.2, 0) is 9.53 Å². The fourth-order valence-corrected chi connectivity index (χ4v) is 0.861. The first-order valence-corrected chi connectivity index (χ1v) is 4.29. The second-order valence-electron chi connectivity index (χ2n) is 2.61. The molecule has 5 heteroatoms. The van der Waals surface area contributed by atoms with Gasteiger partial charge in [-0.3, -0.25) is 4.98 Å².